The molecule has 2 fully saturated rings. The lowest BCUT2D eigenvalue weighted by Crippen LogP contribution is -2.49. The summed E-state index contributed by atoms with van der Waals surface area (Å²) in [6.07, 6.45) is 7.72. The third kappa shape index (κ3) is 3.30. The van der Waals surface area contributed by atoms with Gasteiger partial charge in [-0.3, -0.25) is 9.80 Å². The van der Waals surface area contributed by atoms with E-state index in [0.29, 0.717) is 0 Å². The molecule has 0 amide bonds. The Morgan fingerprint density at radius 2 is 1.90 bits per heavy atom. The van der Waals surface area contributed by atoms with E-state index in [0.717, 1.165) is 18.4 Å². The molecular weight excluding hydrogens is 248 g/mol. The van der Waals surface area contributed by atoms with Gasteiger partial charge in [0, 0.05) is 52.0 Å². The van der Waals surface area contributed by atoms with E-state index in [1.807, 2.05) is 13.2 Å². The van der Waals surface area contributed by atoms with E-state index in [-0.39, 0.29) is 0 Å². The Balaban J connectivity index is 1.47. The number of piperazine rings is 1. The molecule has 0 unspecified atom stereocenters. The first kappa shape index (κ1) is 13.8. The Morgan fingerprint density at radius 1 is 1.15 bits per heavy atom. The van der Waals surface area contributed by atoms with E-state index < -0.39 is 0 Å². The van der Waals surface area contributed by atoms with Crippen LogP contribution in [0.15, 0.2) is 18.3 Å². The highest BCUT2D eigenvalue weighted by molar-refractivity contribution is 5.34. The van der Waals surface area contributed by atoms with Gasteiger partial charge >= 0.3 is 0 Å². The molecule has 1 aromatic rings. The van der Waals surface area contributed by atoms with Crippen LogP contribution in [0.2, 0.25) is 0 Å². The van der Waals surface area contributed by atoms with E-state index in [9.17, 15) is 0 Å². The minimum Gasteiger partial charge on any atom is -0.373 e. The second kappa shape index (κ2) is 6.55. The summed E-state index contributed by atoms with van der Waals surface area (Å²) in [4.78, 5) is 9.66. The number of nitrogens with zero attached hydrogens (tertiary/aromatic N) is 3. The van der Waals surface area contributed by atoms with Crippen molar-refractivity contribution < 1.29 is 0 Å². The molecule has 0 radical (unpaired) electrons. The summed E-state index contributed by atoms with van der Waals surface area (Å²) in [5.41, 5.74) is 1.32. The van der Waals surface area contributed by atoms with Crippen molar-refractivity contribution in [2.45, 2.75) is 38.3 Å². The summed E-state index contributed by atoms with van der Waals surface area (Å²) in [7, 11) is 1.91. The van der Waals surface area contributed by atoms with Crippen molar-refractivity contribution in [3.63, 3.8) is 0 Å². The van der Waals surface area contributed by atoms with Crippen molar-refractivity contribution in [3.8, 4) is 0 Å². The van der Waals surface area contributed by atoms with Gasteiger partial charge in [0.1, 0.15) is 5.82 Å². The quantitative estimate of drug-likeness (QED) is 0.912. The van der Waals surface area contributed by atoms with Gasteiger partial charge in [-0.25, -0.2) is 4.98 Å². The first-order valence-electron chi connectivity index (χ1n) is 7.94. The molecule has 110 valence electrons. The fourth-order valence-corrected chi connectivity index (χ4v) is 3.48. The zero-order valence-electron chi connectivity index (χ0n) is 12.5. The average Bonchev–Trinajstić information content (AvgIpc) is 3.03. The molecule has 1 aliphatic carbocycles. The molecule has 3 rings (SSSR count). The van der Waals surface area contributed by atoms with Crippen molar-refractivity contribution in [1.29, 1.82) is 0 Å². The standard InChI is InChI=1S/C16H26N4/c1-17-16-7-6-14(12-18-16)13-19-8-10-20(11-9-19)15-4-2-3-5-15/h6-7,12,15H,2-5,8-11,13H2,1H3,(H,17,18). The van der Waals surface area contributed by atoms with Crippen molar-refractivity contribution in [2.24, 2.45) is 0 Å². The molecule has 0 bridgehead atoms. The second-order valence-electron chi connectivity index (χ2n) is 6.05. The fourth-order valence-electron chi connectivity index (χ4n) is 3.48. The molecule has 4 heteroatoms. The van der Waals surface area contributed by atoms with Gasteiger partial charge in [0.15, 0.2) is 0 Å². The molecule has 0 aromatic carbocycles. The lowest BCUT2D eigenvalue weighted by Gasteiger charge is -2.38. The maximum Gasteiger partial charge on any atom is 0.125 e. The summed E-state index contributed by atoms with van der Waals surface area (Å²) in [5, 5.41) is 3.06. The summed E-state index contributed by atoms with van der Waals surface area (Å²) in [5.74, 6) is 0.944. The lowest BCUT2D eigenvalue weighted by atomic mass is 10.1. The minimum atomic E-state index is 0.883. The van der Waals surface area contributed by atoms with Crippen molar-refractivity contribution in [2.75, 3.05) is 38.5 Å². The topological polar surface area (TPSA) is 31.4 Å². The predicted octanol–water partition coefficient (Wildman–Crippen LogP) is 2.18. The molecule has 1 aromatic heterocycles. The monoisotopic (exact) mass is 274 g/mol. The molecule has 1 saturated heterocycles. The number of aromatic nitrogens is 1. The molecule has 2 aliphatic rings. The van der Waals surface area contributed by atoms with Crippen LogP contribution in [-0.2, 0) is 6.54 Å². The fraction of sp³-hybridized carbons (Fsp3) is 0.688. The first-order valence-corrected chi connectivity index (χ1v) is 7.94. The van der Waals surface area contributed by atoms with Gasteiger partial charge in [0.05, 0.1) is 0 Å². The van der Waals surface area contributed by atoms with Gasteiger partial charge in [-0.05, 0) is 24.5 Å². The molecular formula is C16H26N4. The van der Waals surface area contributed by atoms with Crippen LogP contribution >= 0.6 is 0 Å². The number of pyridine rings is 1. The highest BCUT2D eigenvalue weighted by Gasteiger charge is 2.25. The van der Waals surface area contributed by atoms with Crippen LogP contribution in [0, 0.1) is 0 Å². The van der Waals surface area contributed by atoms with Crippen LogP contribution in [0.3, 0.4) is 0 Å². The third-order valence-corrected chi connectivity index (χ3v) is 4.74. The second-order valence-corrected chi connectivity index (χ2v) is 6.05. The van der Waals surface area contributed by atoms with Gasteiger partial charge < -0.3 is 5.32 Å². The van der Waals surface area contributed by atoms with Crippen LogP contribution in [0.1, 0.15) is 31.2 Å². The number of nitrogens with one attached hydrogen (secondary N) is 1. The van der Waals surface area contributed by atoms with E-state index in [1.165, 1.54) is 57.4 Å². The van der Waals surface area contributed by atoms with E-state index in [4.69, 9.17) is 0 Å². The molecule has 4 nitrogen and oxygen atoms in total. The van der Waals surface area contributed by atoms with Crippen LogP contribution in [0.25, 0.3) is 0 Å². The Kier molecular flexibility index (Phi) is 4.53. The number of hydrogen-bond acceptors (Lipinski definition) is 4. The van der Waals surface area contributed by atoms with Crippen LogP contribution in [0.5, 0.6) is 0 Å². The largest absolute Gasteiger partial charge is 0.373 e. The van der Waals surface area contributed by atoms with Gasteiger partial charge in [-0.2, -0.15) is 0 Å². The van der Waals surface area contributed by atoms with Crippen LogP contribution in [-0.4, -0.2) is 54.1 Å². The smallest absolute Gasteiger partial charge is 0.125 e. The zero-order valence-corrected chi connectivity index (χ0v) is 12.5. The number of hydrogen-bond donors (Lipinski definition) is 1. The van der Waals surface area contributed by atoms with Crippen LogP contribution < -0.4 is 5.32 Å². The van der Waals surface area contributed by atoms with E-state index in [2.05, 4.69) is 32.2 Å². The highest BCUT2D eigenvalue weighted by Crippen LogP contribution is 2.24. The Bertz CT molecular complexity index is 403. The van der Waals surface area contributed by atoms with E-state index >= 15 is 0 Å². The molecule has 20 heavy (non-hydrogen) atoms. The molecule has 1 N–H and O–H groups in total. The molecule has 1 aliphatic heterocycles. The zero-order chi connectivity index (χ0) is 13.8. The summed E-state index contributed by atoms with van der Waals surface area (Å²) < 4.78 is 0. The summed E-state index contributed by atoms with van der Waals surface area (Å²) in [6.45, 7) is 5.92. The molecule has 1 saturated carbocycles. The Labute approximate surface area is 122 Å². The third-order valence-electron chi connectivity index (χ3n) is 4.74. The maximum atomic E-state index is 4.39. The van der Waals surface area contributed by atoms with Crippen molar-refractivity contribution in [3.05, 3.63) is 23.9 Å². The van der Waals surface area contributed by atoms with Gasteiger partial charge in [0.25, 0.3) is 0 Å². The normalized spacial score (nSPS) is 22.2. The van der Waals surface area contributed by atoms with Gasteiger partial charge in [-0.15, -0.1) is 0 Å². The first-order chi connectivity index (χ1) is 9.85. The number of rotatable bonds is 4. The lowest BCUT2D eigenvalue weighted by molar-refractivity contribution is 0.0936. The maximum absolute atomic E-state index is 4.39. The van der Waals surface area contributed by atoms with Gasteiger partial charge in [-0.1, -0.05) is 18.9 Å². The Morgan fingerprint density at radius 3 is 2.50 bits per heavy atom. The van der Waals surface area contributed by atoms with Crippen molar-refractivity contribution in [1.82, 2.24) is 14.8 Å². The predicted molar refractivity (Wildman–Crippen MR) is 82.9 cm³/mol. The van der Waals surface area contributed by atoms with Crippen molar-refractivity contribution >= 4 is 5.82 Å². The molecule has 0 spiro atoms. The minimum absolute atomic E-state index is 0.883. The van der Waals surface area contributed by atoms with Crippen LogP contribution in [0.4, 0.5) is 5.82 Å². The summed E-state index contributed by atoms with van der Waals surface area (Å²) >= 11 is 0. The van der Waals surface area contributed by atoms with Gasteiger partial charge in [0.2, 0.25) is 0 Å². The average molecular weight is 274 g/mol. The highest BCUT2D eigenvalue weighted by atomic mass is 15.3. The Hall–Kier alpha value is -1.13. The van der Waals surface area contributed by atoms with E-state index in [1.54, 1.807) is 0 Å². The molecule has 2 heterocycles. The number of anilines is 1. The summed E-state index contributed by atoms with van der Waals surface area (Å²) in [6, 6.07) is 5.13. The SMILES string of the molecule is CNc1ccc(CN2CCN(C3CCCC3)CC2)cn1. The molecule has 0 atom stereocenters.